The Morgan fingerprint density at radius 1 is 0.929 bits per heavy atom. The number of methoxy groups -OCH3 is 1. The van der Waals surface area contributed by atoms with Crippen LogP contribution in [-0.4, -0.2) is 41.3 Å². The molecule has 4 aromatic heterocycles. The quantitative estimate of drug-likeness (QED) is 0.482. The monoisotopic (exact) mass is 373 g/mol. The maximum Gasteiger partial charge on any atom is 0.252 e. The van der Waals surface area contributed by atoms with Crippen LogP contribution in [0.25, 0.3) is 22.3 Å². The van der Waals surface area contributed by atoms with Crippen LogP contribution in [0, 0.1) is 13.8 Å². The molecule has 0 radical (unpaired) electrons. The lowest BCUT2D eigenvalue weighted by Crippen LogP contribution is -2.03. The van der Waals surface area contributed by atoms with Crippen molar-refractivity contribution >= 4 is 22.3 Å². The predicted molar refractivity (Wildman–Crippen MR) is 105 cm³/mol. The Hall–Kier alpha value is -3.55. The number of fused-ring (bicyclic) bond motifs is 4. The van der Waals surface area contributed by atoms with Gasteiger partial charge >= 0.3 is 0 Å². The summed E-state index contributed by atoms with van der Waals surface area (Å²) in [4.78, 5) is 13.8. The van der Waals surface area contributed by atoms with Gasteiger partial charge in [-0.05, 0) is 38.5 Å². The van der Waals surface area contributed by atoms with Crippen LogP contribution in [0.3, 0.4) is 0 Å². The molecule has 140 valence electrons. The molecule has 0 bridgehead atoms. The number of benzene rings is 1. The Kier molecular flexibility index (Phi) is 3.71. The van der Waals surface area contributed by atoms with Gasteiger partial charge in [0.25, 0.3) is 5.78 Å². The first-order valence-electron chi connectivity index (χ1n) is 9.13. The number of hydrogen-bond donors (Lipinski definition) is 0. The minimum absolute atomic E-state index is 0.635. The van der Waals surface area contributed by atoms with Crippen molar-refractivity contribution in [2.45, 2.75) is 26.7 Å². The highest BCUT2D eigenvalue weighted by molar-refractivity contribution is 5.92. The van der Waals surface area contributed by atoms with Crippen LogP contribution in [0.15, 0.2) is 36.4 Å². The Morgan fingerprint density at radius 2 is 1.79 bits per heavy atom. The van der Waals surface area contributed by atoms with Crippen molar-refractivity contribution in [3.05, 3.63) is 59.3 Å². The molecule has 5 rings (SSSR count). The lowest BCUT2D eigenvalue weighted by Gasteiger charge is -2.06. The van der Waals surface area contributed by atoms with Gasteiger partial charge in [0.2, 0.25) is 5.88 Å². The van der Waals surface area contributed by atoms with E-state index in [0.717, 1.165) is 39.5 Å². The van der Waals surface area contributed by atoms with E-state index in [1.54, 1.807) is 16.1 Å². The molecule has 1 aromatic carbocycles. The molecule has 4 heterocycles. The third-order valence-electron chi connectivity index (χ3n) is 4.78. The van der Waals surface area contributed by atoms with E-state index in [2.05, 4.69) is 20.2 Å². The van der Waals surface area contributed by atoms with Gasteiger partial charge in [-0.1, -0.05) is 12.1 Å². The van der Waals surface area contributed by atoms with Crippen LogP contribution in [0.2, 0.25) is 0 Å². The van der Waals surface area contributed by atoms with Crippen molar-refractivity contribution < 1.29 is 4.74 Å². The molecule has 0 aliphatic carbocycles. The fraction of sp³-hybridized carbons (Fsp3) is 0.250. The van der Waals surface area contributed by atoms with Gasteiger partial charge in [0.15, 0.2) is 11.5 Å². The van der Waals surface area contributed by atoms with Gasteiger partial charge in [-0.25, -0.2) is 14.5 Å². The van der Waals surface area contributed by atoms with Crippen LogP contribution in [0.1, 0.15) is 22.9 Å². The largest absolute Gasteiger partial charge is 0.481 e. The summed E-state index contributed by atoms with van der Waals surface area (Å²) in [6.07, 6.45) is 1.36. The van der Waals surface area contributed by atoms with Crippen LogP contribution >= 0.6 is 0 Å². The Labute approximate surface area is 160 Å². The maximum absolute atomic E-state index is 5.54. The third-order valence-corrected chi connectivity index (χ3v) is 4.78. The standard InChI is InChI=1S/C20H19N7O/c1-12-10-13(2)26-20(21-12)23-17(25-26)9-8-14-11-18(28-3)27-19(22-14)15-6-4-5-7-16(15)24-27/h4-7,10-11H,8-9H2,1-3H3. The third kappa shape index (κ3) is 2.65. The van der Waals surface area contributed by atoms with E-state index >= 15 is 0 Å². The van der Waals surface area contributed by atoms with Gasteiger partial charge in [0.05, 0.1) is 12.6 Å². The lowest BCUT2D eigenvalue weighted by atomic mass is 10.2. The summed E-state index contributed by atoms with van der Waals surface area (Å²) in [5.41, 5.74) is 4.56. The van der Waals surface area contributed by atoms with Crippen molar-refractivity contribution in [1.29, 1.82) is 0 Å². The summed E-state index contributed by atoms with van der Waals surface area (Å²) in [6.45, 7) is 3.97. The Balaban J connectivity index is 1.51. The minimum Gasteiger partial charge on any atom is -0.481 e. The van der Waals surface area contributed by atoms with E-state index in [4.69, 9.17) is 9.72 Å². The molecule has 8 heteroatoms. The second-order valence-electron chi connectivity index (χ2n) is 6.82. The number of aromatic nitrogens is 7. The van der Waals surface area contributed by atoms with Gasteiger partial charge in [0, 0.05) is 35.0 Å². The summed E-state index contributed by atoms with van der Waals surface area (Å²) in [6, 6.07) is 11.9. The average Bonchev–Trinajstić information content (AvgIpc) is 3.27. The van der Waals surface area contributed by atoms with Crippen molar-refractivity contribution in [3.63, 3.8) is 0 Å². The molecular formula is C20H19N7O. The van der Waals surface area contributed by atoms with Gasteiger partial charge in [-0.2, -0.15) is 14.6 Å². The highest BCUT2D eigenvalue weighted by atomic mass is 16.5. The van der Waals surface area contributed by atoms with E-state index in [9.17, 15) is 0 Å². The molecule has 0 N–H and O–H groups in total. The number of hydrogen-bond acceptors (Lipinski definition) is 6. The SMILES string of the molecule is COc1cc(CCc2nc3nc(C)cc(C)n3n2)nc2c3ccccc3nn12. The van der Waals surface area contributed by atoms with Gasteiger partial charge in [0.1, 0.15) is 0 Å². The van der Waals surface area contributed by atoms with Gasteiger partial charge in [-0.3, -0.25) is 0 Å². The fourth-order valence-electron chi connectivity index (χ4n) is 3.48. The van der Waals surface area contributed by atoms with Crippen molar-refractivity contribution in [2.24, 2.45) is 0 Å². The molecule has 0 fully saturated rings. The summed E-state index contributed by atoms with van der Waals surface area (Å²) >= 11 is 0. The van der Waals surface area contributed by atoms with Crippen LogP contribution in [-0.2, 0) is 12.8 Å². The minimum atomic E-state index is 0.635. The smallest absolute Gasteiger partial charge is 0.252 e. The summed E-state index contributed by atoms with van der Waals surface area (Å²) in [5, 5.41) is 10.2. The molecule has 0 aliphatic heterocycles. The van der Waals surface area contributed by atoms with E-state index < -0.39 is 0 Å². The first-order chi connectivity index (χ1) is 13.6. The Bertz CT molecular complexity index is 1340. The van der Waals surface area contributed by atoms with E-state index in [-0.39, 0.29) is 0 Å². The van der Waals surface area contributed by atoms with Crippen molar-refractivity contribution in [2.75, 3.05) is 7.11 Å². The number of rotatable bonds is 4. The van der Waals surface area contributed by atoms with Crippen LogP contribution in [0.5, 0.6) is 5.88 Å². The zero-order valence-corrected chi connectivity index (χ0v) is 15.9. The van der Waals surface area contributed by atoms with Crippen LogP contribution < -0.4 is 4.74 Å². The molecule has 0 atom stereocenters. The van der Waals surface area contributed by atoms with Crippen molar-refractivity contribution in [1.82, 2.24) is 34.2 Å². The first kappa shape index (κ1) is 16.6. The lowest BCUT2D eigenvalue weighted by molar-refractivity contribution is 0.384. The van der Waals surface area contributed by atoms with Crippen molar-refractivity contribution in [3.8, 4) is 5.88 Å². The average molecular weight is 373 g/mol. The normalized spacial score (nSPS) is 11.7. The second kappa shape index (κ2) is 6.26. The maximum atomic E-state index is 5.54. The second-order valence-corrected chi connectivity index (χ2v) is 6.82. The molecular weight excluding hydrogens is 354 g/mol. The molecule has 0 saturated heterocycles. The number of ether oxygens (including phenoxy) is 1. The van der Waals surface area contributed by atoms with Gasteiger partial charge in [-0.15, -0.1) is 5.10 Å². The predicted octanol–water partition coefficient (Wildman–Crippen LogP) is 2.73. The molecule has 0 spiro atoms. The van der Waals surface area contributed by atoms with E-state index in [0.29, 0.717) is 24.5 Å². The molecule has 28 heavy (non-hydrogen) atoms. The molecule has 0 amide bonds. The van der Waals surface area contributed by atoms with E-state index in [1.165, 1.54) is 0 Å². The fourth-order valence-corrected chi connectivity index (χ4v) is 3.48. The molecule has 8 nitrogen and oxygen atoms in total. The van der Waals surface area contributed by atoms with Gasteiger partial charge < -0.3 is 4.74 Å². The Morgan fingerprint density at radius 3 is 2.64 bits per heavy atom. The topological polar surface area (TPSA) is 82.5 Å². The summed E-state index contributed by atoms with van der Waals surface area (Å²) < 4.78 is 9.07. The number of nitrogens with zero attached hydrogens (tertiary/aromatic N) is 7. The van der Waals surface area contributed by atoms with E-state index in [1.807, 2.05) is 50.2 Å². The molecule has 0 saturated carbocycles. The molecule has 0 unspecified atom stereocenters. The summed E-state index contributed by atoms with van der Waals surface area (Å²) in [5.74, 6) is 2.04. The summed E-state index contributed by atoms with van der Waals surface area (Å²) in [7, 11) is 1.64. The first-order valence-corrected chi connectivity index (χ1v) is 9.13. The highest BCUT2D eigenvalue weighted by Gasteiger charge is 2.13. The number of aryl methyl sites for hydroxylation is 4. The zero-order chi connectivity index (χ0) is 19.3. The molecule has 5 aromatic rings. The zero-order valence-electron chi connectivity index (χ0n) is 15.9. The highest BCUT2D eigenvalue weighted by Crippen LogP contribution is 2.23. The van der Waals surface area contributed by atoms with Crippen LogP contribution in [0.4, 0.5) is 0 Å². The molecule has 0 aliphatic rings.